The summed E-state index contributed by atoms with van der Waals surface area (Å²) in [4.78, 5) is 60.8. The van der Waals surface area contributed by atoms with Crippen molar-refractivity contribution in [3.05, 3.63) is 34.1 Å². The van der Waals surface area contributed by atoms with Crippen LogP contribution in [-0.4, -0.2) is 77.2 Å². The molecule has 12 nitrogen and oxygen atoms in total. The number of hydrogen-bond donors (Lipinski definition) is 2. The van der Waals surface area contributed by atoms with E-state index >= 15 is 0 Å². The van der Waals surface area contributed by atoms with Gasteiger partial charge in [0.25, 0.3) is 0 Å². The van der Waals surface area contributed by atoms with Crippen LogP contribution in [-0.2, 0) is 47.7 Å². The van der Waals surface area contributed by atoms with E-state index in [9.17, 15) is 34.2 Å². The first kappa shape index (κ1) is 34.7. The summed E-state index contributed by atoms with van der Waals surface area (Å²) in [5.41, 5.74) is 0.234. The maximum Gasteiger partial charge on any atom is 0.307 e. The minimum atomic E-state index is -1.39. The molecule has 0 radical (unpaired) electrons. The number of carbonyl (C=O) groups excluding carboxylic acids is 5. The number of hydrogen-bond acceptors (Lipinski definition) is 12. The van der Waals surface area contributed by atoms with Crippen LogP contribution in [0.1, 0.15) is 75.2 Å². The molecule has 2 aliphatic rings. The molecule has 12 heteroatoms. The Kier molecular flexibility index (Phi) is 11.7. The predicted molar refractivity (Wildman–Crippen MR) is 147 cm³/mol. The highest BCUT2D eigenvalue weighted by molar-refractivity contribution is 5.70. The molecule has 0 saturated heterocycles. The van der Waals surface area contributed by atoms with Crippen molar-refractivity contribution >= 4 is 29.8 Å². The molecule has 0 unspecified atom stereocenters. The summed E-state index contributed by atoms with van der Waals surface area (Å²) in [6.07, 6.45) is -4.82. The number of rotatable bonds is 6. The number of aliphatic hydroxyl groups excluding tert-OH is 2. The van der Waals surface area contributed by atoms with E-state index in [0.29, 0.717) is 11.1 Å². The summed E-state index contributed by atoms with van der Waals surface area (Å²) < 4.78 is 27.7. The van der Waals surface area contributed by atoms with Gasteiger partial charge in [0.05, 0.1) is 12.2 Å². The van der Waals surface area contributed by atoms with Crippen LogP contribution in [0.5, 0.6) is 0 Å². The first-order valence-corrected chi connectivity index (χ1v) is 13.7. The van der Waals surface area contributed by atoms with Crippen LogP contribution in [0.2, 0.25) is 0 Å². The summed E-state index contributed by atoms with van der Waals surface area (Å²) in [5.74, 6) is -4.24. The SMILES string of the molecule is CC(=O)OCC1=C[C@H](O)[C@@H]2C[C@H](OC(C)=O)C(C)=C([C@@H](OC(C)=O)/C(OC(C)=O)=C(\C)[C@@H](OC(C)=O)C[C@@H]1O)C2(C)C. The smallest absolute Gasteiger partial charge is 0.307 e. The lowest BCUT2D eigenvalue weighted by molar-refractivity contribution is -0.152. The zero-order valence-corrected chi connectivity index (χ0v) is 25.6. The third-order valence-corrected chi connectivity index (χ3v) is 7.63. The van der Waals surface area contributed by atoms with Gasteiger partial charge in [-0.15, -0.1) is 0 Å². The molecule has 0 aromatic heterocycles. The minimum absolute atomic E-state index is 0.140. The number of carbonyl (C=O) groups is 5. The quantitative estimate of drug-likeness (QED) is 0.262. The van der Waals surface area contributed by atoms with Crippen molar-refractivity contribution in [2.45, 2.75) is 106 Å². The van der Waals surface area contributed by atoms with E-state index in [0.717, 1.165) is 13.8 Å². The molecule has 2 bridgehead atoms. The maximum atomic E-state index is 12.5. The second kappa shape index (κ2) is 14.1. The molecule has 0 fully saturated rings. The molecule has 6 atom stereocenters. The summed E-state index contributed by atoms with van der Waals surface area (Å²) in [7, 11) is 0. The Hall–Kier alpha value is -3.51. The van der Waals surface area contributed by atoms with Crippen LogP contribution in [0.25, 0.3) is 0 Å². The van der Waals surface area contributed by atoms with Crippen LogP contribution in [0.3, 0.4) is 0 Å². The lowest BCUT2D eigenvalue weighted by Gasteiger charge is -2.48. The van der Waals surface area contributed by atoms with Gasteiger partial charge in [0.1, 0.15) is 18.8 Å². The van der Waals surface area contributed by atoms with E-state index in [1.54, 1.807) is 20.8 Å². The fourth-order valence-electron chi connectivity index (χ4n) is 5.74. The van der Waals surface area contributed by atoms with E-state index < -0.39 is 71.7 Å². The molecule has 2 rings (SSSR count). The standard InChI is InChI=1S/C30H42O12/c1-14-25(39-17(4)32)11-22-24(37)10-21(13-38-16(3)31)23(36)12-26(40-18(5)33)15(2)28(41-19(6)34)29(42-20(7)35)27(14)30(22,8)9/h10,22-26,29,36-37H,11-13H2,1-9H3/b21-10?,28-15-/t22-,23-,24-,25-,26-,29+/m0/s1. The third-order valence-electron chi connectivity index (χ3n) is 7.63. The van der Waals surface area contributed by atoms with Crippen molar-refractivity contribution in [2.24, 2.45) is 11.3 Å². The molecule has 0 amide bonds. The maximum absolute atomic E-state index is 12.5. The average Bonchev–Trinajstić information content (AvgIpc) is 2.83. The zero-order valence-electron chi connectivity index (χ0n) is 25.6. The van der Waals surface area contributed by atoms with Crippen LogP contribution in [0.4, 0.5) is 0 Å². The van der Waals surface area contributed by atoms with E-state index in [2.05, 4.69) is 0 Å². The molecule has 42 heavy (non-hydrogen) atoms. The predicted octanol–water partition coefficient (Wildman–Crippen LogP) is 2.60. The van der Waals surface area contributed by atoms with Crippen molar-refractivity contribution in [3.63, 3.8) is 0 Å². The highest BCUT2D eigenvalue weighted by atomic mass is 16.6. The molecular weight excluding hydrogens is 552 g/mol. The number of fused-ring (bicyclic) bond motifs is 2. The van der Waals surface area contributed by atoms with Gasteiger partial charge in [-0.2, -0.15) is 0 Å². The summed E-state index contributed by atoms with van der Waals surface area (Å²) in [6.45, 7) is 12.4. The first-order valence-electron chi connectivity index (χ1n) is 13.7. The molecule has 234 valence electrons. The summed E-state index contributed by atoms with van der Waals surface area (Å²) in [5, 5.41) is 22.9. The second-order valence-electron chi connectivity index (χ2n) is 11.3. The fraction of sp³-hybridized carbons (Fsp3) is 0.633. The van der Waals surface area contributed by atoms with E-state index in [4.69, 9.17) is 23.7 Å². The van der Waals surface area contributed by atoms with Crippen LogP contribution >= 0.6 is 0 Å². The van der Waals surface area contributed by atoms with Gasteiger partial charge in [-0.25, -0.2) is 0 Å². The van der Waals surface area contributed by atoms with Crippen LogP contribution in [0, 0.1) is 11.3 Å². The Morgan fingerprint density at radius 1 is 0.786 bits per heavy atom. The van der Waals surface area contributed by atoms with Gasteiger partial charge in [0, 0.05) is 52.5 Å². The molecule has 0 saturated carbocycles. The van der Waals surface area contributed by atoms with Gasteiger partial charge in [-0.1, -0.05) is 19.9 Å². The Labute approximate surface area is 245 Å². The summed E-state index contributed by atoms with van der Waals surface area (Å²) >= 11 is 0. The normalized spacial score (nSPS) is 29.6. The molecule has 0 heterocycles. The molecular formula is C30H42O12. The number of esters is 5. The van der Waals surface area contributed by atoms with E-state index in [-0.39, 0.29) is 36.4 Å². The zero-order chi connectivity index (χ0) is 32.1. The van der Waals surface area contributed by atoms with Crippen molar-refractivity contribution in [1.29, 1.82) is 0 Å². The summed E-state index contributed by atoms with van der Waals surface area (Å²) in [6, 6.07) is 0. The second-order valence-corrected chi connectivity index (χ2v) is 11.3. The number of ether oxygens (including phenoxy) is 5. The lowest BCUT2D eigenvalue weighted by Crippen LogP contribution is -2.48. The van der Waals surface area contributed by atoms with Crippen molar-refractivity contribution < 1.29 is 57.9 Å². The Balaban J connectivity index is 3.05. The van der Waals surface area contributed by atoms with Gasteiger partial charge in [-0.05, 0) is 42.4 Å². The average molecular weight is 595 g/mol. The fourth-order valence-corrected chi connectivity index (χ4v) is 5.74. The highest BCUT2D eigenvalue weighted by Crippen LogP contribution is 2.51. The van der Waals surface area contributed by atoms with Crippen molar-refractivity contribution in [1.82, 2.24) is 0 Å². The third kappa shape index (κ3) is 8.51. The van der Waals surface area contributed by atoms with Gasteiger partial charge >= 0.3 is 29.8 Å². The molecule has 0 aliphatic heterocycles. The van der Waals surface area contributed by atoms with Crippen LogP contribution in [0.15, 0.2) is 34.1 Å². The van der Waals surface area contributed by atoms with Gasteiger partial charge < -0.3 is 33.9 Å². The molecule has 0 aromatic carbocycles. The highest BCUT2D eigenvalue weighted by Gasteiger charge is 2.50. The van der Waals surface area contributed by atoms with Crippen molar-refractivity contribution in [2.75, 3.05) is 6.61 Å². The van der Waals surface area contributed by atoms with Crippen molar-refractivity contribution in [3.8, 4) is 0 Å². The Bertz CT molecular complexity index is 1190. The van der Waals surface area contributed by atoms with Crippen LogP contribution < -0.4 is 0 Å². The Morgan fingerprint density at radius 3 is 1.79 bits per heavy atom. The lowest BCUT2D eigenvalue weighted by atomic mass is 9.60. The van der Waals surface area contributed by atoms with Gasteiger partial charge in [0.15, 0.2) is 11.9 Å². The van der Waals surface area contributed by atoms with Gasteiger partial charge in [0.2, 0.25) is 0 Å². The van der Waals surface area contributed by atoms with E-state index in [1.165, 1.54) is 33.8 Å². The monoisotopic (exact) mass is 594 g/mol. The topological polar surface area (TPSA) is 172 Å². The molecule has 0 spiro atoms. The molecule has 0 aromatic rings. The first-order chi connectivity index (χ1) is 19.4. The number of aliphatic hydroxyl groups is 2. The Morgan fingerprint density at radius 2 is 1.31 bits per heavy atom. The minimum Gasteiger partial charge on any atom is -0.461 e. The molecule has 2 aliphatic carbocycles. The largest absolute Gasteiger partial charge is 0.461 e. The van der Waals surface area contributed by atoms with Gasteiger partial charge in [-0.3, -0.25) is 24.0 Å². The molecule has 2 N–H and O–H groups in total. The van der Waals surface area contributed by atoms with E-state index in [1.807, 2.05) is 0 Å².